The molecule has 5 heteroatoms. The summed E-state index contributed by atoms with van der Waals surface area (Å²) < 4.78 is 15.5. The van der Waals surface area contributed by atoms with Crippen molar-refractivity contribution in [3.63, 3.8) is 0 Å². The summed E-state index contributed by atoms with van der Waals surface area (Å²) in [6.07, 6.45) is 0. The zero-order chi connectivity index (χ0) is 16.8. The first-order chi connectivity index (χ1) is 11.6. The molecule has 0 aliphatic carbocycles. The predicted octanol–water partition coefficient (Wildman–Crippen LogP) is 3.34. The van der Waals surface area contributed by atoms with Crippen LogP contribution in [0.5, 0.6) is 0 Å². The maximum Gasteiger partial charge on any atom is 0.275 e. The van der Waals surface area contributed by atoms with Crippen LogP contribution in [0.3, 0.4) is 0 Å². The number of hydrogen-bond donors (Lipinski definition) is 1. The van der Waals surface area contributed by atoms with Crippen molar-refractivity contribution >= 4 is 32.7 Å². The van der Waals surface area contributed by atoms with Crippen molar-refractivity contribution in [1.82, 2.24) is 14.5 Å². The summed E-state index contributed by atoms with van der Waals surface area (Å²) in [5.41, 5.74) is 2.12. The van der Waals surface area contributed by atoms with Gasteiger partial charge < -0.3 is 14.5 Å². The van der Waals surface area contributed by atoms with Gasteiger partial charge in [0.1, 0.15) is 11.3 Å². The zero-order valence-electron chi connectivity index (χ0n) is 13.6. The number of nitrogens with one attached hydrogen (secondary N) is 1. The van der Waals surface area contributed by atoms with E-state index >= 15 is 0 Å². The van der Waals surface area contributed by atoms with Gasteiger partial charge >= 0.3 is 0 Å². The molecule has 0 amide bonds. The Balaban J connectivity index is 2.16. The maximum absolute atomic E-state index is 13.7. The number of nitrogens with zero attached hydrogens (tertiary/aromatic N) is 2. The third-order valence-corrected chi connectivity index (χ3v) is 4.45. The molecule has 2 heterocycles. The highest BCUT2D eigenvalue weighted by atomic mass is 19.1. The number of fused-ring (bicyclic) bond motifs is 5. The number of halogens is 1. The van der Waals surface area contributed by atoms with Crippen LogP contribution in [0, 0.1) is 5.82 Å². The first kappa shape index (κ1) is 14.9. The van der Waals surface area contributed by atoms with E-state index in [2.05, 4.69) is 4.98 Å². The number of likely N-dealkylation sites (N-methyl/N-ethyl adjacent to an activating group) is 1. The SMILES string of the molecule is CN(C)CCn1c(=O)c2[nH]c3ccc(F)cc3c2c2ccccc21. The standard InChI is InChI=1S/C19H18FN3O/c1-22(2)9-10-23-16-6-4-3-5-13(16)17-14-11-12(20)7-8-15(14)21-18(17)19(23)24/h3-8,11,21H,9-10H2,1-2H3. The minimum atomic E-state index is -0.302. The topological polar surface area (TPSA) is 41.0 Å². The number of benzene rings is 2. The first-order valence-electron chi connectivity index (χ1n) is 7.93. The van der Waals surface area contributed by atoms with Gasteiger partial charge in [-0.05, 0) is 38.4 Å². The van der Waals surface area contributed by atoms with E-state index in [0.29, 0.717) is 12.1 Å². The largest absolute Gasteiger partial charge is 0.350 e. The van der Waals surface area contributed by atoms with Crippen molar-refractivity contribution < 1.29 is 4.39 Å². The van der Waals surface area contributed by atoms with E-state index in [1.165, 1.54) is 12.1 Å². The highest BCUT2D eigenvalue weighted by Crippen LogP contribution is 2.30. The lowest BCUT2D eigenvalue weighted by Gasteiger charge is -2.14. The summed E-state index contributed by atoms with van der Waals surface area (Å²) in [6.45, 7) is 1.37. The first-order valence-corrected chi connectivity index (χ1v) is 7.93. The van der Waals surface area contributed by atoms with Crippen LogP contribution >= 0.6 is 0 Å². The molecule has 0 bridgehead atoms. The fourth-order valence-corrected chi connectivity index (χ4v) is 3.29. The van der Waals surface area contributed by atoms with E-state index in [-0.39, 0.29) is 11.4 Å². The molecule has 4 rings (SSSR count). The molecule has 0 spiro atoms. The fourth-order valence-electron chi connectivity index (χ4n) is 3.29. The molecule has 0 saturated heterocycles. The van der Waals surface area contributed by atoms with E-state index in [4.69, 9.17) is 0 Å². The van der Waals surface area contributed by atoms with Gasteiger partial charge in [0.2, 0.25) is 0 Å². The van der Waals surface area contributed by atoms with Gasteiger partial charge in [-0.1, -0.05) is 18.2 Å². The Morgan fingerprint density at radius 3 is 2.71 bits per heavy atom. The van der Waals surface area contributed by atoms with Crippen LogP contribution < -0.4 is 5.56 Å². The Labute approximate surface area is 138 Å². The maximum atomic E-state index is 13.7. The number of aromatic amines is 1. The quantitative estimate of drug-likeness (QED) is 0.628. The second kappa shape index (κ2) is 5.46. The average molecular weight is 323 g/mol. The van der Waals surface area contributed by atoms with E-state index in [9.17, 15) is 9.18 Å². The number of para-hydroxylation sites is 1. The molecule has 0 aliphatic heterocycles. The lowest BCUT2D eigenvalue weighted by atomic mass is 10.1. The van der Waals surface area contributed by atoms with Crippen LogP contribution in [-0.2, 0) is 6.54 Å². The van der Waals surface area contributed by atoms with Gasteiger partial charge in [-0.15, -0.1) is 0 Å². The van der Waals surface area contributed by atoms with Crippen molar-refractivity contribution in [2.45, 2.75) is 6.54 Å². The summed E-state index contributed by atoms with van der Waals surface area (Å²) in [5, 5.41) is 2.51. The number of pyridine rings is 1. The van der Waals surface area contributed by atoms with Gasteiger partial charge in [0.05, 0.1) is 5.52 Å². The summed E-state index contributed by atoms with van der Waals surface area (Å²) in [5.74, 6) is -0.302. The van der Waals surface area contributed by atoms with Crippen molar-refractivity contribution in [2.75, 3.05) is 20.6 Å². The molecule has 2 aromatic carbocycles. The van der Waals surface area contributed by atoms with Crippen LogP contribution in [0.2, 0.25) is 0 Å². The van der Waals surface area contributed by atoms with Crippen molar-refractivity contribution in [3.8, 4) is 0 Å². The van der Waals surface area contributed by atoms with Crippen LogP contribution in [0.4, 0.5) is 4.39 Å². The fraction of sp³-hybridized carbons (Fsp3) is 0.211. The predicted molar refractivity (Wildman–Crippen MR) is 96.1 cm³/mol. The molecule has 0 aliphatic rings. The molecule has 0 radical (unpaired) electrons. The van der Waals surface area contributed by atoms with E-state index in [0.717, 1.165) is 33.7 Å². The minimum Gasteiger partial charge on any atom is -0.350 e. The van der Waals surface area contributed by atoms with Gasteiger partial charge in [-0.2, -0.15) is 0 Å². The smallest absolute Gasteiger partial charge is 0.275 e. The number of H-pyrrole nitrogens is 1. The molecule has 0 unspecified atom stereocenters. The second-order valence-corrected chi connectivity index (χ2v) is 6.34. The van der Waals surface area contributed by atoms with Gasteiger partial charge in [0.15, 0.2) is 0 Å². The molecule has 2 aromatic heterocycles. The summed E-state index contributed by atoms with van der Waals surface area (Å²) in [7, 11) is 3.97. The molecule has 4 nitrogen and oxygen atoms in total. The zero-order valence-corrected chi connectivity index (χ0v) is 13.6. The third kappa shape index (κ3) is 2.20. The molecule has 1 N–H and O–H groups in total. The molecule has 0 fully saturated rings. The lowest BCUT2D eigenvalue weighted by Crippen LogP contribution is -2.27. The normalized spacial score (nSPS) is 12.0. The highest BCUT2D eigenvalue weighted by Gasteiger charge is 2.15. The highest BCUT2D eigenvalue weighted by molar-refractivity contribution is 6.19. The summed E-state index contributed by atoms with van der Waals surface area (Å²) in [4.78, 5) is 18.3. The van der Waals surface area contributed by atoms with Crippen LogP contribution in [0.15, 0.2) is 47.3 Å². The Bertz CT molecular complexity index is 1120. The minimum absolute atomic E-state index is 0.0674. The van der Waals surface area contributed by atoms with E-state index in [1.54, 1.807) is 10.6 Å². The Hall–Kier alpha value is -2.66. The van der Waals surface area contributed by atoms with Crippen LogP contribution in [-0.4, -0.2) is 35.1 Å². The van der Waals surface area contributed by atoms with Crippen molar-refractivity contribution in [3.05, 3.63) is 58.6 Å². The molecule has 24 heavy (non-hydrogen) atoms. The summed E-state index contributed by atoms with van der Waals surface area (Å²) >= 11 is 0. The molecule has 122 valence electrons. The van der Waals surface area contributed by atoms with E-state index < -0.39 is 0 Å². The average Bonchev–Trinajstić information content (AvgIpc) is 2.93. The van der Waals surface area contributed by atoms with Crippen LogP contribution in [0.1, 0.15) is 0 Å². The third-order valence-electron chi connectivity index (χ3n) is 4.45. The van der Waals surface area contributed by atoms with Crippen molar-refractivity contribution in [2.24, 2.45) is 0 Å². The monoisotopic (exact) mass is 323 g/mol. The van der Waals surface area contributed by atoms with Crippen LogP contribution in [0.25, 0.3) is 32.7 Å². The van der Waals surface area contributed by atoms with E-state index in [1.807, 2.05) is 43.3 Å². The number of rotatable bonds is 3. The number of aromatic nitrogens is 2. The molecule has 0 atom stereocenters. The summed E-state index contributed by atoms with van der Waals surface area (Å²) in [6, 6.07) is 12.4. The van der Waals surface area contributed by atoms with Gasteiger partial charge in [0.25, 0.3) is 5.56 Å². The lowest BCUT2D eigenvalue weighted by molar-refractivity contribution is 0.384. The molecule has 0 saturated carbocycles. The molecular formula is C19H18FN3O. The Morgan fingerprint density at radius 2 is 1.92 bits per heavy atom. The van der Waals surface area contributed by atoms with Crippen molar-refractivity contribution in [1.29, 1.82) is 0 Å². The molecular weight excluding hydrogens is 305 g/mol. The van der Waals surface area contributed by atoms with Gasteiger partial charge in [-0.3, -0.25) is 4.79 Å². The number of hydrogen-bond acceptors (Lipinski definition) is 2. The van der Waals surface area contributed by atoms with Gasteiger partial charge in [0, 0.05) is 34.8 Å². The Kier molecular flexibility index (Phi) is 3.39. The van der Waals surface area contributed by atoms with Gasteiger partial charge in [-0.25, -0.2) is 4.39 Å². The second-order valence-electron chi connectivity index (χ2n) is 6.34. The Morgan fingerprint density at radius 1 is 1.12 bits per heavy atom. The molecule has 4 aromatic rings.